The molecular formula is C11H27BrOSi2. The van der Waals surface area contributed by atoms with Crippen LogP contribution in [0.5, 0.6) is 0 Å². The Morgan fingerprint density at radius 1 is 1.00 bits per heavy atom. The van der Waals surface area contributed by atoms with Crippen LogP contribution in [0.3, 0.4) is 0 Å². The van der Waals surface area contributed by atoms with Crippen molar-refractivity contribution in [3.8, 4) is 0 Å². The van der Waals surface area contributed by atoms with E-state index >= 15 is 0 Å². The van der Waals surface area contributed by atoms with Gasteiger partial charge in [0, 0.05) is 6.61 Å². The summed E-state index contributed by atoms with van der Waals surface area (Å²) in [6.07, 6.45) is 1.24. The molecule has 92 valence electrons. The molecule has 0 N–H and O–H groups in total. The number of hydrogen-bond acceptors (Lipinski definition) is 1. The van der Waals surface area contributed by atoms with Gasteiger partial charge in [-0.3, -0.25) is 0 Å². The van der Waals surface area contributed by atoms with Crippen LogP contribution in [0.2, 0.25) is 37.3 Å². The monoisotopic (exact) mass is 310 g/mol. The normalized spacial score (nSPS) is 13.2. The van der Waals surface area contributed by atoms with E-state index in [1.54, 1.807) is 0 Å². The van der Waals surface area contributed by atoms with E-state index < -0.39 is 15.0 Å². The van der Waals surface area contributed by atoms with Crippen LogP contribution in [0.15, 0.2) is 0 Å². The third kappa shape index (κ3) is 6.92. The van der Waals surface area contributed by atoms with Crippen molar-refractivity contribution in [1.29, 1.82) is 0 Å². The Hall–Kier alpha value is 0.874. The Morgan fingerprint density at radius 2 is 1.47 bits per heavy atom. The van der Waals surface area contributed by atoms with E-state index in [9.17, 15) is 0 Å². The Balaban J connectivity index is 3.82. The largest absolute Gasteiger partial charge is 0.417 e. The zero-order chi connectivity index (χ0) is 11.9. The quantitative estimate of drug-likeness (QED) is 0.348. The minimum Gasteiger partial charge on any atom is -0.417 e. The van der Waals surface area contributed by atoms with Crippen LogP contribution in [0.1, 0.15) is 27.2 Å². The van der Waals surface area contributed by atoms with Gasteiger partial charge in [0.25, 0.3) is 0 Å². The molecule has 0 amide bonds. The fourth-order valence-electron chi connectivity index (χ4n) is 1.84. The maximum atomic E-state index is 6.21. The second kappa shape index (κ2) is 7.25. The first-order valence-corrected chi connectivity index (χ1v) is 14.2. The average molecular weight is 311 g/mol. The molecule has 0 radical (unpaired) electrons. The summed E-state index contributed by atoms with van der Waals surface area (Å²) in [6, 6.07) is 5.15. The predicted molar refractivity (Wildman–Crippen MR) is 79.0 cm³/mol. The molecule has 0 atom stereocenters. The van der Waals surface area contributed by atoms with Gasteiger partial charge in [0.1, 0.15) is 6.69 Å². The van der Waals surface area contributed by atoms with E-state index in [2.05, 4.69) is 49.2 Å². The molecule has 0 fully saturated rings. The van der Waals surface area contributed by atoms with Crippen molar-refractivity contribution in [3.05, 3.63) is 0 Å². The van der Waals surface area contributed by atoms with Gasteiger partial charge in [0.2, 0.25) is 0 Å². The highest BCUT2D eigenvalue weighted by atomic mass is 79.9. The molecule has 0 aliphatic heterocycles. The van der Waals surface area contributed by atoms with Crippen molar-refractivity contribution in [2.45, 2.75) is 64.5 Å². The maximum Gasteiger partial charge on any atom is 0.191 e. The van der Waals surface area contributed by atoms with Crippen LogP contribution in [-0.4, -0.2) is 21.6 Å². The lowest BCUT2D eigenvalue weighted by Gasteiger charge is -2.28. The fraction of sp³-hybridized carbons (Fsp3) is 1.00. The lowest BCUT2D eigenvalue weighted by atomic mass is 10.5. The van der Waals surface area contributed by atoms with Crippen LogP contribution >= 0.6 is 15.3 Å². The molecular weight excluding hydrogens is 284 g/mol. The summed E-state index contributed by atoms with van der Waals surface area (Å²) in [4.78, 5) is 0. The maximum absolute atomic E-state index is 6.21. The summed E-state index contributed by atoms with van der Waals surface area (Å²) in [5.74, 6) is 0. The molecule has 0 aromatic heterocycles. The molecule has 0 aromatic rings. The average Bonchev–Trinajstić information content (AvgIpc) is 2.18. The van der Waals surface area contributed by atoms with Crippen LogP contribution in [0.25, 0.3) is 0 Å². The lowest BCUT2D eigenvalue weighted by molar-refractivity contribution is 0.299. The van der Waals surface area contributed by atoms with Crippen molar-refractivity contribution in [3.63, 3.8) is 0 Å². The topological polar surface area (TPSA) is 9.23 Å². The number of halogens is 1. The molecule has 4 heteroatoms. The van der Waals surface area contributed by atoms with E-state index in [-0.39, 0.29) is 0 Å². The van der Waals surface area contributed by atoms with E-state index in [0.717, 1.165) is 6.61 Å². The highest BCUT2D eigenvalue weighted by Crippen LogP contribution is 2.23. The second-order valence-corrected chi connectivity index (χ2v) is 20.1. The molecule has 0 saturated heterocycles. The summed E-state index contributed by atoms with van der Waals surface area (Å²) in [6.45, 7) is 11.6. The molecule has 15 heavy (non-hydrogen) atoms. The highest BCUT2D eigenvalue weighted by Gasteiger charge is 2.28. The zero-order valence-electron chi connectivity index (χ0n) is 11.0. The van der Waals surface area contributed by atoms with Gasteiger partial charge in [-0.25, -0.2) is 0 Å². The van der Waals surface area contributed by atoms with Gasteiger partial charge in [0.05, 0.1) is 0 Å². The van der Waals surface area contributed by atoms with Crippen LogP contribution in [-0.2, 0) is 4.43 Å². The number of rotatable bonds is 8. The molecule has 0 bridgehead atoms. The first kappa shape index (κ1) is 15.9. The van der Waals surface area contributed by atoms with Gasteiger partial charge in [-0.1, -0.05) is 33.9 Å². The molecule has 1 nitrogen and oxygen atoms in total. The molecule has 0 aliphatic rings. The van der Waals surface area contributed by atoms with Gasteiger partial charge in [-0.05, 0) is 30.6 Å². The third-order valence-corrected chi connectivity index (χ3v) is 10.7. The van der Waals surface area contributed by atoms with Crippen molar-refractivity contribution >= 4 is 30.3 Å². The van der Waals surface area contributed by atoms with E-state index in [1.807, 2.05) is 0 Å². The van der Waals surface area contributed by atoms with Crippen LogP contribution in [0.4, 0.5) is 0 Å². The summed E-state index contributed by atoms with van der Waals surface area (Å²) in [5.41, 5.74) is 0. The molecule has 0 unspecified atom stereocenters. The minimum absolute atomic E-state index is 0.990. The summed E-state index contributed by atoms with van der Waals surface area (Å²) < 4.78 is 6.21. The molecule has 0 heterocycles. The summed E-state index contributed by atoms with van der Waals surface area (Å²) in [5, 5.41) is 0. The SMILES string of the molecule is CC[Si](CC)(CC)OCCC[Si](C)(C)Br. The van der Waals surface area contributed by atoms with Gasteiger partial charge in [-0.2, -0.15) is 0 Å². The predicted octanol–water partition coefficient (Wildman–Crippen LogP) is 5.00. The van der Waals surface area contributed by atoms with Crippen molar-refractivity contribution < 1.29 is 4.43 Å². The first-order valence-electron chi connectivity index (χ1n) is 6.22. The Kier molecular flexibility index (Phi) is 7.67. The van der Waals surface area contributed by atoms with Gasteiger partial charge in [0.15, 0.2) is 8.32 Å². The van der Waals surface area contributed by atoms with E-state index in [4.69, 9.17) is 4.43 Å². The number of hydrogen-bond donors (Lipinski definition) is 0. The zero-order valence-corrected chi connectivity index (χ0v) is 14.6. The molecule has 0 spiro atoms. The Bertz CT molecular complexity index is 156. The van der Waals surface area contributed by atoms with Crippen LogP contribution < -0.4 is 0 Å². The lowest BCUT2D eigenvalue weighted by Crippen LogP contribution is -2.36. The third-order valence-electron chi connectivity index (χ3n) is 3.26. The first-order chi connectivity index (χ1) is 6.89. The van der Waals surface area contributed by atoms with Crippen molar-refractivity contribution in [1.82, 2.24) is 0 Å². The highest BCUT2D eigenvalue weighted by molar-refractivity contribution is 9.26. The molecule has 0 aromatic carbocycles. The van der Waals surface area contributed by atoms with E-state index in [1.165, 1.54) is 30.6 Å². The molecule has 0 saturated carbocycles. The summed E-state index contributed by atoms with van der Waals surface area (Å²) >= 11 is 3.81. The van der Waals surface area contributed by atoms with Gasteiger partial charge < -0.3 is 4.43 Å². The smallest absolute Gasteiger partial charge is 0.191 e. The second-order valence-electron chi connectivity index (χ2n) is 4.91. The van der Waals surface area contributed by atoms with Gasteiger partial charge >= 0.3 is 0 Å². The minimum atomic E-state index is -1.31. The van der Waals surface area contributed by atoms with Gasteiger partial charge in [-0.15, -0.1) is 15.3 Å². The van der Waals surface area contributed by atoms with Crippen LogP contribution in [0, 0.1) is 0 Å². The molecule has 0 aliphatic carbocycles. The standard InChI is InChI=1S/C11H27BrOSi2/c1-6-15(7-2,8-3)13-10-9-11-14(4,5)12/h6-11H2,1-5H3. The van der Waals surface area contributed by atoms with Crippen molar-refractivity contribution in [2.24, 2.45) is 0 Å². The van der Waals surface area contributed by atoms with Crippen molar-refractivity contribution in [2.75, 3.05) is 6.61 Å². The Morgan fingerprint density at radius 3 is 1.80 bits per heavy atom. The summed E-state index contributed by atoms with van der Waals surface area (Å²) in [7, 11) is -1.31. The Labute approximate surface area is 106 Å². The molecule has 0 rings (SSSR count). The van der Waals surface area contributed by atoms with E-state index in [0.29, 0.717) is 0 Å². The fourth-order valence-corrected chi connectivity index (χ4v) is 6.35.